The first kappa shape index (κ1) is 10.9. The van der Waals surface area contributed by atoms with Crippen LogP contribution < -0.4 is 10.9 Å². The zero-order valence-corrected chi connectivity index (χ0v) is 8.81. The lowest BCUT2D eigenvalue weighted by atomic mass is 10.2. The molecule has 5 nitrogen and oxygen atoms in total. The second-order valence-corrected chi connectivity index (χ2v) is 3.44. The topological polar surface area (TPSA) is 82.2 Å². The minimum Gasteiger partial charge on any atom is -0.508 e. The minimum atomic E-state index is -0.327. The van der Waals surface area contributed by atoms with Crippen LogP contribution in [0, 0.1) is 0 Å². The summed E-state index contributed by atoms with van der Waals surface area (Å²) in [7, 11) is 0. The summed E-state index contributed by atoms with van der Waals surface area (Å²) in [5.74, 6) is -0.195. The third-order valence-corrected chi connectivity index (χ3v) is 2.17. The number of aromatic hydroxyl groups is 1. The van der Waals surface area contributed by atoms with E-state index in [-0.39, 0.29) is 17.2 Å². The molecule has 86 valence electrons. The van der Waals surface area contributed by atoms with Gasteiger partial charge in [0, 0.05) is 18.0 Å². The van der Waals surface area contributed by atoms with E-state index in [0.29, 0.717) is 11.3 Å². The van der Waals surface area contributed by atoms with Gasteiger partial charge in [-0.15, -0.1) is 0 Å². The molecule has 0 fully saturated rings. The Morgan fingerprint density at radius 2 is 1.82 bits per heavy atom. The molecule has 1 amide bonds. The highest BCUT2D eigenvalue weighted by atomic mass is 16.3. The Morgan fingerprint density at radius 3 is 2.41 bits per heavy atom. The number of aromatic nitrogens is 1. The summed E-state index contributed by atoms with van der Waals surface area (Å²) in [5, 5.41) is 11.7. The first-order chi connectivity index (χ1) is 8.15. The van der Waals surface area contributed by atoms with Crippen LogP contribution in [0.25, 0.3) is 0 Å². The molecule has 0 aliphatic carbocycles. The maximum atomic E-state index is 11.7. The van der Waals surface area contributed by atoms with E-state index >= 15 is 0 Å². The molecule has 0 bridgehead atoms. The molecule has 1 heterocycles. The lowest BCUT2D eigenvalue weighted by molar-refractivity contribution is 0.102. The summed E-state index contributed by atoms with van der Waals surface area (Å²) in [5.41, 5.74) is 0.669. The Bertz CT molecular complexity index is 567. The number of anilines is 1. The number of benzene rings is 1. The van der Waals surface area contributed by atoms with Gasteiger partial charge in [-0.1, -0.05) is 0 Å². The summed E-state index contributed by atoms with van der Waals surface area (Å²) < 4.78 is 0. The zero-order valence-electron chi connectivity index (χ0n) is 8.81. The van der Waals surface area contributed by atoms with Crippen molar-refractivity contribution in [1.29, 1.82) is 0 Å². The van der Waals surface area contributed by atoms with Crippen LogP contribution in [0.4, 0.5) is 5.69 Å². The Morgan fingerprint density at radius 1 is 1.12 bits per heavy atom. The SMILES string of the molecule is O=C(Nc1ccc(O)cc1)c1ccc(=O)[nH]c1. The third kappa shape index (κ3) is 2.72. The van der Waals surface area contributed by atoms with Gasteiger partial charge in [-0.05, 0) is 30.3 Å². The van der Waals surface area contributed by atoms with Crippen LogP contribution in [0.5, 0.6) is 5.75 Å². The lowest BCUT2D eigenvalue weighted by Crippen LogP contribution is -2.14. The number of aromatic amines is 1. The maximum absolute atomic E-state index is 11.7. The number of carbonyl (C=O) groups is 1. The van der Waals surface area contributed by atoms with Crippen LogP contribution >= 0.6 is 0 Å². The molecule has 0 saturated carbocycles. The van der Waals surface area contributed by atoms with E-state index in [1.807, 2.05) is 0 Å². The average Bonchev–Trinajstić information content (AvgIpc) is 2.33. The number of phenolic OH excluding ortho intramolecular Hbond substituents is 1. The van der Waals surface area contributed by atoms with Crippen LogP contribution in [0.1, 0.15) is 10.4 Å². The van der Waals surface area contributed by atoms with Gasteiger partial charge < -0.3 is 15.4 Å². The number of phenols is 1. The molecular weight excluding hydrogens is 220 g/mol. The van der Waals surface area contributed by atoms with Gasteiger partial charge in [0.15, 0.2) is 0 Å². The van der Waals surface area contributed by atoms with Gasteiger partial charge in [-0.25, -0.2) is 0 Å². The largest absolute Gasteiger partial charge is 0.508 e. The highest BCUT2D eigenvalue weighted by Crippen LogP contribution is 2.14. The Kier molecular flexibility index (Phi) is 2.91. The molecule has 0 atom stereocenters. The Labute approximate surface area is 96.7 Å². The molecule has 0 aliphatic rings. The van der Waals surface area contributed by atoms with Gasteiger partial charge in [0.25, 0.3) is 5.91 Å². The van der Waals surface area contributed by atoms with Gasteiger partial charge >= 0.3 is 0 Å². The Balaban J connectivity index is 2.14. The van der Waals surface area contributed by atoms with Crippen molar-refractivity contribution in [2.24, 2.45) is 0 Å². The summed E-state index contributed by atoms with van der Waals surface area (Å²) in [6.07, 6.45) is 1.35. The standard InChI is InChI=1S/C12H10N2O3/c15-10-4-2-9(3-5-10)14-12(17)8-1-6-11(16)13-7-8/h1-7,15H,(H,13,16)(H,14,17). The second kappa shape index (κ2) is 4.52. The fourth-order valence-corrected chi connectivity index (χ4v) is 1.30. The normalized spacial score (nSPS) is 9.88. The minimum absolute atomic E-state index is 0.132. The molecular formula is C12H10N2O3. The number of amides is 1. The van der Waals surface area contributed by atoms with Crippen molar-refractivity contribution >= 4 is 11.6 Å². The van der Waals surface area contributed by atoms with E-state index in [2.05, 4.69) is 10.3 Å². The van der Waals surface area contributed by atoms with E-state index in [9.17, 15) is 9.59 Å². The van der Waals surface area contributed by atoms with Gasteiger partial charge in [0.2, 0.25) is 5.56 Å². The molecule has 17 heavy (non-hydrogen) atoms. The number of carbonyl (C=O) groups excluding carboxylic acids is 1. The van der Waals surface area contributed by atoms with E-state index in [1.54, 1.807) is 12.1 Å². The molecule has 1 aromatic carbocycles. The third-order valence-electron chi connectivity index (χ3n) is 2.17. The van der Waals surface area contributed by atoms with Crippen LogP contribution in [0.2, 0.25) is 0 Å². The molecule has 0 spiro atoms. The van der Waals surface area contributed by atoms with Crippen LogP contribution in [-0.2, 0) is 0 Å². The molecule has 0 radical (unpaired) electrons. The Hall–Kier alpha value is -2.56. The van der Waals surface area contributed by atoms with Gasteiger partial charge in [-0.3, -0.25) is 9.59 Å². The lowest BCUT2D eigenvalue weighted by Gasteiger charge is -2.04. The van der Waals surface area contributed by atoms with Crippen molar-refractivity contribution in [3.63, 3.8) is 0 Å². The van der Waals surface area contributed by atoms with Crippen molar-refractivity contribution in [3.05, 3.63) is 58.5 Å². The summed E-state index contributed by atoms with van der Waals surface area (Å²) in [6, 6.07) is 8.84. The van der Waals surface area contributed by atoms with Crippen molar-refractivity contribution < 1.29 is 9.90 Å². The summed E-state index contributed by atoms with van der Waals surface area (Å²) >= 11 is 0. The van der Waals surface area contributed by atoms with E-state index in [4.69, 9.17) is 5.11 Å². The number of pyridine rings is 1. The van der Waals surface area contributed by atoms with Crippen molar-refractivity contribution in [3.8, 4) is 5.75 Å². The van der Waals surface area contributed by atoms with Crippen molar-refractivity contribution in [2.45, 2.75) is 0 Å². The molecule has 1 aromatic heterocycles. The molecule has 2 rings (SSSR count). The molecule has 5 heteroatoms. The smallest absolute Gasteiger partial charge is 0.257 e. The first-order valence-corrected chi connectivity index (χ1v) is 4.94. The van der Waals surface area contributed by atoms with Gasteiger partial charge in [0.1, 0.15) is 5.75 Å². The molecule has 0 aliphatic heterocycles. The van der Waals surface area contributed by atoms with E-state index in [1.165, 1.54) is 30.5 Å². The summed E-state index contributed by atoms with van der Waals surface area (Å²) in [4.78, 5) is 25.0. The van der Waals surface area contributed by atoms with Crippen molar-refractivity contribution in [1.82, 2.24) is 4.98 Å². The number of hydrogen-bond acceptors (Lipinski definition) is 3. The molecule has 0 unspecified atom stereocenters. The molecule has 0 saturated heterocycles. The second-order valence-electron chi connectivity index (χ2n) is 3.44. The fraction of sp³-hybridized carbons (Fsp3) is 0. The quantitative estimate of drug-likeness (QED) is 0.681. The average molecular weight is 230 g/mol. The number of nitrogens with one attached hydrogen (secondary N) is 2. The van der Waals surface area contributed by atoms with Crippen LogP contribution in [0.3, 0.4) is 0 Å². The predicted octanol–water partition coefficient (Wildman–Crippen LogP) is 1.33. The van der Waals surface area contributed by atoms with Gasteiger partial charge in [-0.2, -0.15) is 0 Å². The van der Waals surface area contributed by atoms with Gasteiger partial charge in [0.05, 0.1) is 5.56 Å². The summed E-state index contributed by atoms with van der Waals surface area (Å²) in [6.45, 7) is 0. The molecule has 2 aromatic rings. The first-order valence-electron chi connectivity index (χ1n) is 4.94. The zero-order chi connectivity index (χ0) is 12.3. The van der Waals surface area contributed by atoms with Crippen LogP contribution in [-0.4, -0.2) is 16.0 Å². The predicted molar refractivity (Wildman–Crippen MR) is 63.1 cm³/mol. The fourth-order valence-electron chi connectivity index (χ4n) is 1.30. The number of rotatable bonds is 2. The van der Waals surface area contributed by atoms with E-state index < -0.39 is 0 Å². The highest BCUT2D eigenvalue weighted by molar-refractivity contribution is 6.03. The van der Waals surface area contributed by atoms with Crippen molar-refractivity contribution in [2.75, 3.05) is 5.32 Å². The maximum Gasteiger partial charge on any atom is 0.257 e. The monoisotopic (exact) mass is 230 g/mol. The van der Waals surface area contributed by atoms with E-state index in [0.717, 1.165) is 0 Å². The highest BCUT2D eigenvalue weighted by Gasteiger charge is 2.05. The van der Waals surface area contributed by atoms with Crippen LogP contribution in [0.15, 0.2) is 47.4 Å². The molecule has 3 N–H and O–H groups in total. The number of hydrogen-bond donors (Lipinski definition) is 3. The number of H-pyrrole nitrogens is 1.